The molecule has 0 atom stereocenters. The summed E-state index contributed by atoms with van der Waals surface area (Å²) >= 11 is 1.43. The lowest BCUT2D eigenvalue weighted by atomic mass is 10.0. The van der Waals surface area contributed by atoms with Crippen LogP contribution in [0.4, 0.5) is 5.13 Å². The number of nitrogens with one attached hydrogen (secondary N) is 1. The number of benzene rings is 1. The zero-order chi connectivity index (χ0) is 19.9. The number of hydrogen-bond acceptors (Lipinski definition) is 6. The van der Waals surface area contributed by atoms with Crippen LogP contribution >= 0.6 is 11.3 Å². The number of unbranched alkanes of at least 4 members (excludes halogenated alkanes) is 1. The maximum absolute atomic E-state index is 12.1. The van der Waals surface area contributed by atoms with Crippen molar-refractivity contribution in [1.29, 1.82) is 0 Å². The highest BCUT2D eigenvalue weighted by Crippen LogP contribution is 2.24. The molecule has 0 fully saturated rings. The molecular formula is C21H26N4O2S. The molecule has 3 aromatic rings. The van der Waals surface area contributed by atoms with Gasteiger partial charge in [-0.2, -0.15) is 0 Å². The number of hydrogen-bond donors (Lipinski definition) is 1. The highest BCUT2D eigenvalue weighted by atomic mass is 32.1. The third-order valence-corrected chi connectivity index (χ3v) is 5.34. The molecule has 2 aromatic heterocycles. The van der Waals surface area contributed by atoms with Gasteiger partial charge in [-0.15, -0.1) is 10.2 Å². The van der Waals surface area contributed by atoms with Gasteiger partial charge in [-0.05, 0) is 17.9 Å². The first-order valence-electron chi connectivity index (χ1n) is 9.72. The smallest absolute Gasteiger partial charge is 0.226 e. The van der Waals surface area contributed by atoms with Crippen molar-refractivity contribution >= 4 is 22.4 Å². The van der Waals surface area contributed by atoms with E-state index in [1.165, 1.54) is 16.9 Å². The van der Waals surface area contributed by atoms with Gasteiger partial charge in [-0.3, -0.25) is 4.79 Å². The Balaban J connectivity index is 1.51. The lowest BCUT2D eigenvalue weighted by molar-refractivity contribution is -0.116. The van der Waals surface area contributed by atoms with Crippen LogP contribution in [0.1, 0.15) is 62.4 Å². The van der Waals surface area contributed by atoms with Crippen LogP contribution in [0.15, 0.2) is 34.9 Å². The minimum absolute atomic E-state index is 0.112. The van der Waals surface area contributed by atoms with Crippen LogP contribution in [-0.4, -0.2) is 21.1 Å². The first-order chi connectivity index (χ1) is 13.5. The molecule has 7 heteroatoms. The van der Waals surface area contributed by atoms with Gasteiger partial charge < -0.3 is 9.73 Å². The van der Waals surface area contributed by atoms with Crippen molar-refractivity contribution in [2.24, 2.45) is 0 Å². The second kappa shape index (κ2) is 9.59. The van der Waals surface area contributed by atoms with Crippen LogP contribution in [0.5, 0.6) is 0 Å². The van der Waals surface area contributed by atoms with Crippen molar-refractivity contribution < 1.29 is 9.21 Å². The largest absolute Gasteiger partial charge is 0.441 e. The second-order valence-corrected chi connectivity index (χ2v) is 8.11. The molecule has 0 bridgehead atoms. The Morgan fingerprint density at radius 2 is 1.96 bits per heavy atom. The average molecular weight is 399 g/mol. The number of carbonyl (C=O) groups is 1. The summed E-state index contributed by atoms with van der Waals surface area (Å²) < 4.78 is 5.80. The zero-order valence-electron chi connectivity index (χ0n) is 16.6. The van der Waals surface area contributed by atoms with E-state index in [4.69, 9.17) is 4.42 Å². The maximum Gasteiger partial charge on any atom is 0.226 e. The summed E-state index contributed by atoms with van der Waals surface area (Å²) in [5.41, 5.74) is 2.27. The summed E-state index contributed by atoms with van der Waals surface area (Å²) in [6.45, 7) is 6.47. The van der Waals surface area contributed by atoms with Gasteiger partial charge in [0, 0.05) is 24.8 Å². The second-order valence-electron chi connectivity index (χ2n) is 7.05. The number of carbonyl (C=O) groups excluding carboxylic acids is 1. The molecule has 148 valence electrons. The Morgan fingerprint density at radius 3 is 2.68 bits per heavy atom. The van der Waals surface area contributed by atoms with Crippen molar-refractivity contribution in [3.63, 3.8) is 0 Å². The molecule has 0 aliphatic carbocycles. The van der Waals surface area contributed by atoms with E-state index in [-0.39, 0.29) is 12.3 Å². The van der Waals surface area contributed by atoms with Gasteiger partial charge in [0.1, 0.15) is 5.01 Å². The fraction of sp³-hybridized carbons (Fsp3) is 0.429. The Labute approximate surface area is 169 Å². The summed E-state index contributed by atoms with van der Waals surface area (Å²) in [4.78, 5) is 16.4. The normalized spacial score (nSPS) is 11.1. The van der Waals surface area contributed by atoms with Gasteiger partial charge in [-0.25, -0.2) is 4.98 Å². The minimum atomic E-state index is -0.112. The number of aryl methyl sites for hydroxylation is 2. The van der Waals surface area contributed by atoms with Crippen molar-refractivity contribution in [3.8, 4) is 11.3 Å². The summed E-state index contributed by atoms with van der Waals surface area (Å²) in [5, 5.41) is 12.4. The van der Waals surface area contributed by atoms with Gasteiger partial charge in [0.2, 0.25) is 11.0 Å². The van der Waals surface area contributed by atoms with Gasteiger partial charge in [0.05, 0.1) is 6.20 Å². The molecule has 0 aliphatic rings. The van der Waals surface area contributed by atoms with E-state index >= 15 is 0 Å². The number of nitrogens with zero attached hydrogens (tertiary/aromatic N) is 3. The molecule has 6 nitrogen and oxygen atoms in total. The third-order valence-electron chi connectivity index (χ3n) is 4.44. The minimum Gasteiger partial charge on any atom is -0.441 e. The lowest BCUT2D eigenvalue weighted by Crippen LogP contribution is -2.12. The Kier molecular flexibility index (Phi) is 6.92. The zero-order valence-corrected chi connectivity index (χ0v) is 17.4. The van der Waals surface area contributed by atoms with Gasteiger partial charge >= 0.3 is 0 Å². The molecule has 0 unspecified atom stereocenters. The fourth-order valence-electron chi connectivity index (χ4n) is 2.73. The SMILES string of the molecule is CCCCc1nnc(NC(=O)CCc2ncc(-c3ccc(C(C)C)cc3)o2)s1. The molecule has 0 radical (unpaired) electrons. The summed E-state index contributed by atoms with van der Waals surface area (Å²) in [6.07, 6.45) is 5.54. The van der Waals surface area contributed by atoms with E-state index in [0.717, 1.165) is 35.6 Å². The molecule has 1 aromatic carbocycles. The van der Waals surface area contributed by atoms with E-state index < -0.39 is 0 Å². The van der Waals surface area contributed by atoms with Crippen LogP contribution in [-0.2, 0) is 17.6 Å². The number of oxazole rings is 1. The first kappa shape index (κ1) is 20.2. The number of rotatable bonds is 9. The van der Waals surface area contributed by atoms with Crippen LogP contribution < -0.4 is 5.32 Å². The molecule has 1 amide bonds. The van der Waals surface area contributed by atoms with E-state index in [2.05, 4.69) is 53.4 Å². The Morgan fingerprint density at radius 1 is 1.18 bits per heavy atom. The van der Waals surface area contributed by atoms with Crippen LogP contribution in [0, 0.1) is 0 Å². The first-order valence-corrected chi connectivity index (χ1v) is 10.5. The standard InChI is InChI=1S/C21H26N4O2S/c1-4-5-6-20-24-25-21(28-20)23-18(26)11-12-19-22-13-17(27-19)16-9-7-15(8-10-16)14(2)3/h7-10,13-14H,4-6,11-12H2,1-3H3,(H,23,25,26). The van der Waals surface area contributed by atoms with Crippen LogP contribution in [0.3, 0.4) is 0 Å². The lowest BCUT2D eigenvalue weighted by Gasteiger charge is -2.05. The molecule has 0 saturated carbocycles. The topological polar surface area (TPSA) is 80.9 Å². The van der Waals surface area contributed by atoms with E-state index in [1.807, 2.05) is 12.1 Å². The molecule has 0 saturated heterocycles. The monoisotopic (exact) mass is 398 g/mol. The highest BCUT2D eigenvalue weighted by molar-refractivity contribution is 7.15. The molecule has 28 heavy (non-hydrogen) atoms. The van der Waals surface area contributed by atoms with E-state index in [1.54, 1.807) is 6.20 Å². The number of amides is 1. The van der Waals surface area contributed by atoms with Crippen molar-refractivity contribution in [1.82, 2.24) is 15.2 Å². The highest BCUT2D eigenvalue weighted by Gasteiger charge is 2.12. The number of anilines is 1. The van der Waals surface area contributed by atoms with Crippen molar-refractivity contribution in [3.05, 3.63) is 46.9 Å². The molecule has 0 aliphatic heterocycles. The average Bonchev–Trinajstić information content (AvgIpc) is 3.34. The molecule has 1 N–H and O–H groups in total. The predicted molar refractivity (Wildman–Crippen MR) is 111 cm³/mol. The molecular weight excluding hydrogens is 372 g/mol. The van der Waals surface area contributed by atoms with E-state index in [9.17, 15) is 4.79 Å². The Bertz CT molecular complexity index is 899. The Hall–Kier alpha value is -2.54. The maximum atomic E-state index is 12.1. The molecule has 2 heterocycles. The third kappa shape index (κ3) is 5.48. The van der Waals surface area contributed by atoms with Crippen molar-refractivity contribution in [2.75, 3.05) is 5.32 Å². The number of aromatic nitrogens is 3. The van der Waals surface area contributed by atoms with E-state index in [0.29, 0.717) is 23.4 Å². The quantitative estimate of drug-likeness (QED) is 0.534. The van der Waals surface area contributed by atoms with Gasteiger partial charge in [0.25, 0.3) is 0 Å². The van der Waals surface area contributed by atoms with Crippen molar-refractivity contribution in [2.45, 2.75) is 58.8 Å². The van der Waals surface area contributed by atoms with Crippen LogP contribution in [0.25, 0.3) is 11.3 Å². The van der Waals surface area contributed by atoms with Gasteiger partial charge in [0.15, 0.2) is 11.7 Å². The fourth-order valence-corrected chi connectivity index (χ4v) is 3.52. The molecule has 0 spiro atoms. The summed E-state index contributed by atoms with van der Waals surface area (Å²) in [7, 11) is 0. The summed E-state index contributed by atoms with van der Waals surface area (Å²) in [5.74, 6) is 1.65. The predicted octanol–water partition coefficient (Wildman–Crippen LogP) is 5.23. The molecule has 3 rings (SSSR count). The van der Waals surface area contributed by atoms with Gasteiger partial charge in [-0.1, -0.05) is 62.8 Å². The summed E-state index contributed by atoms with van der Waals surface area (Å²) in [6, 6.07) is 8.29. The van der Waals surface area contributed by atoms with Crippen LogP contribution in [0.2, 0.25) is 0 Å².